The van der Waals surface area contributed by atoms with Crippen LogP contribution >= 0.6 is 0 Å². The van der Waals surface area contributed by atoms with E-state index >= 15 is 0 Å². The number of aryl methyl sites for hydroxylation is 2. The first-order valence-electron chi connectivity index (χ1n) is 7.21. The van der Waals surface area contributed by atoms with Gasteiger partial charge in [-0.2, -0.15) is 5.10 Å². The van der Waals surface area contributed by atoms with Crippen LogP contribution in [0, 0.1) is 13.8 Å². The number of aromatic nitrogens is 2. The second kappa shape index (κ2) is 5.27. The summed E-state index contributed by atoms with van der Waals surface area (Å²) in [5.41, 5.74) is 6.32. The van der Waals surface area contributed by atoms with Gasteiger partial charge in [0.2, 0.25) is 0 Å². The number of carbonyl (C=O) groups excluding carboxylic acids is 1. The molecule has 6 heteroatoms. The predicted octanol–water partition coefficient (Wildman–Crippen LogP) is 2.15. The van der Waals surface area contributed by atoms with E-state index in [2.05, 4.69) is 5.10 Å². The van der Waals surface area contributed by atoms with Crippen molar-refractivity contribution in [3.63, 3.8) is 0 Å². The summed E-state index contributed by atoms with van der Waals surface area (Å²) in [6.45, 7) is 5.15. The lowest BCUT2D eigenvalue weighted by Crippen LogP contribution is -2.39. The number of nitrogens with two attached hydrogens (primary N) is 1. The maximum Gasteiger partial charge on any atom is 0.257 e. The first-order valence-corrected chi connectivity index (χ1v) is 7.21. The molecule has 1 saturated heterocycles. The average molecular weight is 288 g/mol. The van der Waals surface area contributed by atoms with Crippen molar-refractivity contribution < 1.29 is 9.21 Å². The van der Waals surface area contributed by atoms with Crippen LogP contribution in [0.5, 0.6) is 0 Å². The number of likely N-dealkylation sites (tertiary alicyclic amines) is 1. The highest BCUT2D eigenvalue weighted by Crippen LogP contribution is 2.24. The topological polar surface area (TPSA) is 77.3 Å². The Kier molecular flexibility index (Phi) is 3.45. The molecule has 0 unspecified atom stereocenters. The molecule has 0 aromatic carbocycles. The third-order valence-corrected chi connectivity index (χ3v) is 4.03. The Morgan fingerprint density at radius 3 is 2.62 bits per heavy atom. The van der Waals surface area contributed by atoms with E-state index in [0.29, 0.717) is 23.2 Å². The Bertz CT molecular complexity index is 650. The largest absolute Gasteiger partial charge is 0.466 e. The number of hydrogen-bond acceptors (Lipinski definition) is 4. The third kappa shape index (κ3) is 2.66. The Morgan fingerprint density at radius 1 is 1.38 bits per heavy atom. The van der Waals surface area contributed by atoms with Crippen molar-refractivity contribution >= 4 is 11.7 Å². The van der Waals surface area contributed by atoms with Crippen LogP contribution in [-0.4, -0.2) is 33.7 Å². The average Bonchev–Trinajstić information content (AvgIpc) is 3.04. The van der Waals surface area contributed by atoms with E-state index in [4.69, 9.17) is 10.2 Å². The molecule has 0 radical (unpaired) electrons. The van der Waals surface area contributed by atoms with Crippen LogP contribution in [0.1, 0.15) is 40.8 Å². The number of amides is 1. The second-order valence-corrected chi connectivity index (χ2v) is 5.57. The van der Waals surface area contributed by atoms with Gasteiger partial charge in [0.1, 0.15) is 17.3 Å². The lowest BCUT2D eigenvalue weighted by atomic mass is 10.0. The monoisotopic (exact) mass is 288 g/mol. The molecule has 0 bridgehead atoms. The van der Waals surface area contributed by atoms with Gasteiger partial charge in [-0.05, 0) is 38.8 Å². The fourth-order valence-electron chi connectivity index (χ4n) is 2.90. The lowest BCUT2D eigenvalue weighted by molar-refractivity contribution is 0.0688. The zero-order valence-electron chi connectivity index (χ0n) is 12.4. The minimum Gasteiger partial charge on any atom is -0.466 e. The van der Waals surface area contributed by atoms with Gasteiger partial charge in [0, 0.05) is 19.3 Å². The summed E-state index contributed by atoms with van der Waals surface area (Å²) in [6, 6.07) is 3.94. The van der Waals surface area contributed by atoms with Gasteiger partial charge in [-0.25, -0.2) is 0 Å². The maximum atomic E-state index is 12.5. The SMILES string of the molecule is Cc1cc(C(=O)N2CCC(n3ccc(N)n3)CC2)c(C)o1. The molecule has 2 aromatic heterocycles. The van der Waals surface area contributed by atoms with Crippen molar-refractivity contribution in [2.45, 2.75) is 32.7 Å². The smallest absolute Gasteiger partial charge is 0.257 e. The van der Waals surface area contributed by atoms with E-state index in [1.807, 2.05) is 35.7 Å². The van der Waals surface area contributed by atoms with E-state index in [-0.39, 0.29) is 5.91 Å². The van der Waals surface area contributed by atoms with Crippen LogP contribution in [0.4, 0.5) is 5.82 Å². The number of furan rings is 1. The summed E-state index contributed by atoms with van der Waals surface area (Å²) in [6.07, 6.45) is 3.69. The van der Waals surface area contributed by atoms with Gasteiger partial charge in [-0.1, -0.05) is 0 Å². The zero-order valence-corrected chi connectivity index (χ0v) is 12.4. The standard InChI is InChI=1S/C15H20N4O2/c1-10-9-13(11(2)21-10)15(20)18-6-3-12(4-7-18)19-8-5-14(16)17-19/h5,8-9,12H,3-4,6-7H2,1-2H3,(H2,16,17). The molecule has 2 aromatic rings. The van der Waals surface area contributed by atoms with Crippen LogP contribution in [0.3, 0.4) is 0 Å². The molecule has 1 amide bonds. The Morgan fingerprint density at radius 2 is 2.10 bits per heavy atom. The summed E-state index contributed by atoms with van der Waals surface area (Å²) in [5, 5.41) is 4.26. The van der Waals surface area contributed by atoms with Crippen molar-refractivity contribution in [3.8, 4) is 0 Å². The molecule has 0 atom stereocenters. The first kappa shape index (κ1) is 13.7. The summed E-state index contributed by atoms with van der Waals surface area (Å²) in [7, 11) is 0. The van der Waals surface area contributed by atoms with E-state index in [1.54, 1.807) is 6.07 Å². The maximum absolute atomic E-state index is 12.5. The number of hydrogen-bond donors (Lipinski definition) is 1. The van der Waals surface area contributed by atoms with Gasteiger partial charge in [0.25, 0.3) is 5.91 Å². The van der Waals surface area contributed by atoms with Gasteiger partial charge in [0.05, 0.1) is 11.6 Å². The molecule has 1 aliphatic heterocycles. The molecule has 3 heterocycles. The van der Waals surface area contributed by atoms with Crippen LogP contribution in [-0.2, 0) is 0 Å². The van der Waals surface area contributed by atoms with E-state index in [1.165, 1.54) is 0 Å². The Balaban J connectivity index is 1.65. The van der Waals surface area contributed by atoms with Crippen LogP contribution < -0.4 is 5.73 Å². The normalized spacial score (nSPS) is 16.4. The first-order chi connectivity index (χ1) is 10.0. The Hall–Kier alpha value is -2.24. The summed E-state index contributed by atoms with van der Waals surface area (Å²) >= 11 is 0. The number of carbonyl (C=O) groups is 1. The molecule has 1 fully saturated rings. The van der Waals surface area contributed by atoms with E-state index < -0.39 is 0 Å². The summed E-state index contributed by atoms with van der Waals surface area (Å²) in [4.78, 5) is 14.4. The molecule has 21 heavy (non-hydrogen) atoms. The van der Waals surface area contributed by atoms with Gasteiger partial charge in [0.15, 0.2) is 0 Å². The van der Waals surface area contributed by atoms with Crippen LogP contribution in [0.2, 0.25) is 0 Å². The molecule has 6 nitrogen and oxygen atoms in total. The fourth-order valence-corrected chi connectivity index (χ4v) is 2.90. The second-order valence-electron chi connectivity index (χ2n) is 5.57. The number of piperidine rings is 1. The van der Waals surface area contributed by atoms with E-state index in [9.17, 15) is 4.79 Å². The van der Waals surface area contributed by atoms with Crippen molar-refractivity contribution in [2.75, 3.05) is 18.8 Å². The fraction of sp³-hybridized carbons (Fsp3) is 0.467. The molecule has 112 valence electrons. The molecule has 0 aliphatic carbocycles. The number of rotatable bonds is 2. The van der Waals surface area contributed by atoms with Gasteiger partial charge >= 0.3 is 0 Å². The van der Waals surface area contributed by atoms with Gasteiger partial charge in [-0.3, -0.25) is 9.48 Å². The molecule has 2 N–H and O–H groups in total. The molecule has 3 rings (SSSR count). The van der Waals surface area contributed by atoms with Gasteiger partial charge < -0.3 is 15.1 Å². The molecular weight excluding hydrogens is 268 g/mol. The highest BCUT2D eigenvalue weighted by molar-refractivity contribution is 5.95. The highest BCUT2D eigenvalue weighted by Gasteiger charge is 2.26. The quantitative estimate of drug-likeness (QED) is 0.918. The van der Waals surface area contributed by atoms with Crippen molar-refractivity contribution in [1.82, 2.24) is 14.7 Å². The Labute approximate surface area is 123 Å². The molecule has 0 spiro atoms. The lowest BCUT2D eigenvalue weighted by Gasteiger charge is -2.32. The van der Waals surface area contributed by atoms with Crippen LogP contribution in [0.15, 0.2) is 22.7 Å². The van der Waals surface area contributed by atoms with E-state index in [0.717, 1.165) is 31.7 Å². The number of anilines is 1. The summed E-state index contributed by atoms with van der Waals surface area (Å²) < 4.78 is 7.35. The predicted molar refractivity (Wildman–Crippen MR) is 79.0 cm³/mol. The van der Waals surface area contributed by atoms with Crippen LogP contribution in [0.25, 0.3) is 0 Å². The molecule has 0 saturated carbocycles. The van der Waals surface area contributed by atoms with Crippen molar-refractivity contribution in [2.24, 2.45) is 0 Å². The van der Waals surface area contributed by atoms with Crippen molar-refractivity contribution in [1.29, 1.82) is 0 Å². The minimum atomic E-state index is 0.0581. The minimum absolute atomic E-state index is 0.0581. The zero-order chi connectivity index (χ0) is 15.0. The van der Waals surface area contributed by atoms with Gasteiger partial charge in [-0.15, -0.1) is 0 Å². The number of nitrogens with zero attached hydrogens (tertiary/aromatic N) is 3. The molecule has 1 aliphatic rings. The molecular formula is C15H20N4O2. The number of nitrogen functional groups attached to an aromatic ring is 1. The third-order valence-electron chi connectivity index (χ3n) is 4.03. The highest BCUT2D eigenvalue weighted by atomic mass is 16.3. The summed E-state index contributed by atoms with van der Waals surface area (Å²) in [5.74, 6) is 2.07. The van der Waals surface area contributed by atoms with Crippen molar-refractivity contribution in [3.05, 3.63) is 35.4 Å².